The Morgan fingerprint density at radius 1 is 1.14 bits per heavy atom. The molecule has 29 heavy (non-hydrogen) atoms. The van der Waals surface area contributed by atoms with Gasteiger partial charge < -0.3 is 14.5 Å². The zero-order valence-corrected chi connectivity index (χ0v) is 16.5. The molecule has 2 aromatic carbocycles. The summed E-state index contributed by atoms with van der Waals surface area (Å²) in [4.78, 5) is 36.1. The summed E-state index contributed by atoms with van der Waals surface area (Å²) in [5.41, 5.74) is 2.84. The predicted octanol–water partition coefficient (Wildman–Crippen LogP) is 3.68. The van der Waals surface area contributed by atoms with Crippen LogP contribution in [-0.2, 0) is 20.9 Å². The Balaban J connectivity index is 1.53. The van der Waals surface area contributed by atoms with Crippen molar-refractivity contribution in [2.75, 3.05) is 11.9 Å². The number of carbonyl (C=O) groups is 2. The summed E-state index contributed by atoms with van der Waals surface area (Å²) in [6, 6.07) is 14.6. The van der Waals surface area contributed by atoms with E-state index < -0.39 is 17.6 Å². The van der Waals surface area contributed by atoms with Crippen LogP contribution in [0.4, 0.5) is 5.69 Å². The molecule has 1 amide bonds. The molecule has 0 fully saturated rings. The van der Waals surface area contributed by atoms with Crippen LogP contribution in [0, 0.1) is 0 Å². The number of rotatable bonds is 8. The molecule has 1 heterocycles. The van der Waals surface area contributed by atoms with Gasteiger partial charge in [0.25, 0.3) is 5.91 Å². The highest BCUT2D eigenvalue weighted by atomic mass is 16.5. The molecule has 3 aromatic rings. The Bertz CT molecular complexity index is 1070. The number of anilines is 1. The summed E-state index contributed by atoms with van der Waals surface area (Å²) in [6.07, 6.45) is 0.907. The van der Waals surface area contributed by atoms with Crippen molar-refractivity contribution in [2.24, 2.45) is 0 Å². The molecular formula is C22H24N2O5. The van der Waals surface area contributed by atoms with Gasteiger partial charge in [-0.25, -0.2) is 4.79 Å². The van der Waals surface area contributed by atoms with Gasteiger partial charge in [0.1, 0.15) is 0 Å². The summed E-state index contributed by atoms with van der Waals surface area (Å²) < 4.78 is 11.6. The summed E-state index contributed by atoms with van der Waals surface area (Å²) in [6.45, 7) is 3.91. The lowest BCUT2D eigenvalue weighted by Gasteiger charge is -2.15. The summed E-state index contributed by atoms with van der Waals surface area (Å²) >= 11 is 0. The molecule has 0 saturated carbocycles. The number of ether oxygens (including phenoxy) is 1. The van der Waals surface area contributed by atoms with Crippen molar-refractivity contribution >= 4 is 28.7 Å². The van der Waals surface area contributed by atoms with Crippen molar-refractivity contribution in [2.45, 2.75) is 39.2 Å². The molecule has 0 bridgehead atoms. The van der Waals surface area contributed by atoms with E-state index in [1.165, 1.54) is 4.57 Å². The minimum Gasteiger partial charge on any atom is -0.456 e. The number of nitrogens with zero attached hydrogens (tertiary/aromatic N) is 1. The fourth-order valence-corrected chi connectivity index (χ4v) is 3.09. The monoisotopic (exact) mass is 396 g/mol. The molecule has 7 heteroatoms. The third-order valence-electron chi connectivity index (χ3n) is 4.86. The van der Waals surface area contributed by atoms with Crippen LogP contribution in [0.15, 0.2) is 57.7 Å². The average molecular weight is 396 g/mol. The first kappa shape index (κ1) is 20.4. The van der Waals surface area contributed by atoms with Gasteiger partial charge >= 0.3 is 11.7 Å². The number of aryl methyl sites for hydroxylation is 1. The Morgan fingerprint density at radius 2 is 1.86 bits per heavy atom. The van der Waals surface area contributed by atoms with E-state index in [-0.39, 0.29) is 19.6 Å². The van der Waals surface area contributed by atoms with Crippen LogP contribution in [0.25, 0.3) is 11.1 Å². The fraction of sp³-hybridized carbons (Fsp3) is 0.318. The first-order chi connectivity index (χ1) is 14.0. The molecule has 1 aromatic heterocycles. The van der Waals surface area contributed by atoms with Gasteiger partial charge in [0, 0.05) is 12.2 Å². The van der Waals surface area contributed by atoms with Crippen LogP contribution >= 0.6 is 0 Å². The zero-order chi connectivity index (χ0) is 20.8. The van der Waals surface area contributed by atoms with Crippen LogP contribution in [0.1, 0.15) is 38.2 Å². The highest BCUT2D eigenvalue weighted by Gasteiger charge is 2.14. The van der Waals surface area contributed by atoms with Crippen molar-refractivity contribution in [1.82, 2.24) is 4.57 Å². The number of hydrogen-bond donors (Lipinski definition) is 1. The minimum absolute atomic E-state index is 0.0415. The Kier molecular flexibility index (Phi) is 6.49. The first-order valence-corrected chi connectivity index (χ1v) is 9.62. The second-order valence-electron chi connectivity index (χ2n) is 6.84. The number of fused-ring (bicyclic) bond motifs is 1. The number of aromatic nitrogens is 1. The van der Waals surface area contributed by atoms with Gasteiger partial charge in [0.05, 0.1) is 11.9 Å². The van der Waals surface area contributed by atoms with Gasteiger partial charge in [-0.05, 0) is 36.1 Å². The first-order valence-electron chi connectivity index (χ1n) is 9.62. The van der Waals surface area contributed by atoms with E-state index in [4.69, 9.17) is 9.15 Å². The van der Waals surface area contributed by atoms with E-state index in [1.807, 2.05) is 24.3 Å². The largest absolute Gasteiger partial charge is 0.456 e. The number of amides is 1. The average Bonchev–Trinajstić information content (AvgIpc) is 3.05. The van der Waals surface area contributed by atoms with E-state index in [0.717, 1.165) is 17.7 Å². The molecule has 0 aliphatic carbocycles. The molecule has 152 valence electrons. The van der Waals surface area contributed by atoms with Crippen LogP contribution in [0.5, 0.6) is 0 Å². The molecule has 0 unspecified atom stereocenters. The molecule has 0 saturated heterocycles. The standard InChI is InChI=1S/C22H24N2O5/c1-3-15(2)16-8-4-5-9-17(16)23-20(25)14-28-21(26)12-13-24-18-10-6-7-11-19(18)29-22(24)27/h4-11,15H,3,12-14H2,1-2H3,(H,23,25)/t15-/m0/s1. The second kappa shape index (κ2) is 9.23. The number of oxazole rings is 1. The minimum atomic E-state index is -0.562. The van der Waals surface area contributed by atoms with Gasteiger partial charge in [-0.1, -0.05) is 44.2 Å². The van der Waals surface area contributed by atoms with Crippen molar-refractivity contribution in [3.63, 3.8) is 0 Å². The highest BCUT2D eigenvalue weighted by Crippen LogP contribution is 2.26. The van der Waals surface area contributed by atoms with E-state index in [1.54, 1.807) is 24.3 Å². The summed E-state index contributed by atoms with van der Waals surface area (Å²) in [5, 5.41) is 2.80. The maximum Gasteiger partial charge on any atom is 0.419 e. The number of benzene rings is 2. The van der Waals surface area contributed by atoms with E-state index in [0.29, 0.717) is 17.0 Å². The lowest BCUT2D eigenvalue weighted by Crippen LogP contribution is -2.23. The van der Waals surface area contributed by atoms with Gasteiger partial charge in [-0.2, -0.15) is 0 Å². The molecule has 7 nitrogen and oxygen atoms in total. The Hall–Kier alpha value is -3.35. The smallest absolute Gasteiger partial charge is 0.419 e. The number of carbonyl (C=O) groups excluding carboxylic acids is 2. The number of hydrogen-bond acceptors (Lipinski definition) is 5. The van der Waals surface area contributed by atoms with Crippen LogP contribution in [0.3, 0.4) is 0 Å². The zero-order valence-electron chi connectivity index (χ0n) is 16.5. The Morgan fingerprint density at radius 3 is 2.66 bits per heavy atom. The third kappa shape index (κ3) is 4.93. The number of esters is 1. The van der Waals surface area contributed by atoms with Crippen molar-refractivity contribution in [3.05, 3.63) is 64.6 Å². The van der Waals surface area contributed by atoms with Gasteiger partial charge in [-0.3, -0.25) is 14.2 Å². The van der Waals surface area contributed by atoms with E-state index in [2.05, 4.69) is 19.2 Å². The predicted molar refractivity (Wildman–Crippen MR) is 110 cm³/mol. The lowest BCUT2D eigenvalue weighted by molar-refractivity contribution is -0.147. The normalized spacial score (nSPS) is 11.9. The molecule has 0 radical (unpaired) electrons. The van der Waals surface area contributed by atoms with Crippen molar-refractivity contribution in [1.29, 1.82) is 0 Å². The lowest BCUT2D eigenvalue weighted by atomic mass is 9.97. The molecule has 3 rings (SSSR count). The molecular weight excluding hydrogens is 372 g/mol. The molecule has 1 atom stereocenters. The van der Waals surface area contributed by atoms with Crippen LogP contribution in [0.2, 0.25) is 0 Å². The van der Waals surface area contributed by atoms with Crippen molar-refractivity contribution in [3.8, 4) is 0 Å². The Labute approximate surface area is 168 Å². The van der Waals surface area contributed by atoms with E-state index >= 15 is 0 Å². The van der Waals surface area contributed by atoms with Crippen LogP contribution < -0.4 is 11.1 Å². The quantitative estimate of drug-likeness (QED) is 0.587. The second-order valence-corrected chi connectivity index (χ2v) is 6.84. The SMILES string of the molecule is CC[C@H](C)c1ccccc1NC(=O)COC(=O)CCn1c(=O)oc2ccccc21. The maximum absolute atomic E-state index is 12.2. The number of nitrogens with one attached hydrogen (secondary N) is 1. The topological polar surface area (TPSA) is 90.5 Å². The summed E-state index contributed by atoms with van der Waals surface area (Å²) in [5.74, 6) is -1.19. The third-order valence-corrected chi connectivity index (χ3v) is 4.86. The molecule has 1 N–H and O–H groups in total. The molecule has 0 aliphatic heterocycles. The van der Waals surface area contributed by atoms with Gasteiger partial charge in [0.2, 0.25) is 0 Å². The summed E-state index contributed by atoms with van der Waals surface area (Å²) in [7, 11) is 0. The highest BCUT2D eigenvalue weighted by molar-refractivity contribution is 5.93. The number of para-hydroxylation sites is 3. The van der Waals surface area contributed by atoms with Crippen LogP contribution in [-0.4, -0.2) is 23.1 Å². The fourth-order valence-electron chi connectivity index (χ4n) is 3.09. The van der Waals surface area contributed by atoms with Gasteiger partial charge in [0.15, 0.2) is 12.2 Å². The van der Waals surface area contributed by atoms with E-state index in [9.17, 15) is 14.4 Å². The molecule has 0 spiro atoms. The maximum atomic E-state index is 12.2. The molecule has 0 aliphatic rings. The van der Waals surface area contributed by atoms with Gasteiger partial charge in [-0.15, -0.1) is 0 Å². The van der Waals surface area contributed by atoms with Crippen molar-refractivity contribution < 1.29 is 18.7 Å².